The number of nitro groups is 1. The number of aldehydes is 1. The highest BCUT2D eigenvalue weighted by Crippen LogP contribution is 2.27. The quantitative estimate of drug-likeness (QED) is 0.482. The molecule has 0 atom stereocenters. The van der Waals surface area contributed by atoms with Gasteiger partial charge in [0, 0.05) is 12.1 Å². The maximum Gasteiger partial charge on any atom is 0.271 e. The molecule has 2 aromatic rings. The monoisotopic (exact) mass is 297 g/mol. The summed E-state index contributed by atoms with van der Waals surface area (Å²) in [5, 5.41) is 10.6. The summed E-state index contributed by atoms with van der Waals surface area (Å²) in [5.41, 5.74) is -0.846. The van der Waals surface area contributed by atoms with E-state index >= 15 is 0 Å². The topological polar surface area (TPSA) is 90.4 Å². The Balaban J connectivity index is 2.93. The van der Waals surface area contributed by atoms with Gasteiger partial charge in [0.2, 0.25) is 5.43 Å². The summed E-state index contributed by atoms with van der Waals surface area (Å²) in [6.45, 7) is 0. The van der Waals surface area contributed by atoms with Crippen LogP contribution in [-0.2, 0) is 0 Å². The van der Waals surface area contributed by atoms with Gasteiger partial charge in [0.1, 0.15) is 6.26 Å². The third-order valence-electron chi connectivity index (χ3n) is 2.18. The Morgan fingerprint density at radius 2 is 2.12 bits per heavy atom. The number of nitrogens with zero attached hydrogens (tertiary/aromatic N) is 1. The molecule has 7 heteroatoms. The van der Waals surface area contributed by atoms with Gasteiger partial charge in [-0.15, -0.1) is 0 Å². The number of carbonyl (C=O) groups is 1. The fraction of sp³-hybridized carbons (Fsp3) is 0. The van der Waals surface area contributed by atoms with Gasteiger partial charge < -0.3 is 4.42 Å². The van der Waals surface area contributed by atoms with Crippen molar-refractivity contribution < 1.29 is 14.1 Å². The first-order chi connectivity index (χ1) is 8.04. The number of non-ortho nitro benzene ring substituents is 1. The third kappa shape index (κ3) is 1.84. The molecule has 1 heterocycles. The summed E-state index contributed by atoms with van der Waals surface area (Å²) in [6.07, 6.45) is 1.37. The van der Waals surface area contributed by atoms with Crippen LogP contribution in [0, 0.1) is 10.1 Å². The predicted octanol–water partition coefficient (Wildman–Crippen LogP) is 2.28. The Hall–Kier alpha value is -2.02. The minimum absolute atomic E-state index is 0.00400. The van der Waals surface area contributed by atoms with Crippen molar-refractivity contribution >= 4 is 38.9 Å². The smallest absolute Gasteiger partial charge is 0.271 e. The van der Waals surface area contributed by atoms with Crippen molar-refractivity contribution in [3.8, 4) is 0 Å². The van der Waals surface area contributed by atoms with Crippen molar-refractivity contribution in [3.63, 3.8) is 0 Å². The second-order valence-electron chi connectivity index (χ2n) is 3.20. The van der Waals surface area contributed by atoms with Gasteiger partial charge in [-0.1, -0.05) is 0 Å². The van der Waals surface area contributed by atoms with Crippen molar-refractivity contribution in [2.24, 2.45) is 0 Å². The van der Waals surface area contributed by atoms with E-state index in [1.807, 2.05) is 0 Å². The SMILES string of the molecule is O=Cc1coc2c(Br)cc([N+](=O)[O-])cc2c1=O. The van der Waals surface area contributed by atoms with Crippen LogP contribution in [0.25, 0.3) is 11.0 Å². The molecular weight excluding hydrogens is 294 g/mol. The summed E-state index contributed by atoms with van der Waals surface area (Å²) in [4.78, 5) is 32.3. The molecule has 2 rings (SSSR count). The first-order valence-electron chi connectivity index (χ1n) is 4.39. The Morgan fingerprint density at radius 1 is 1.41 bits per heavy atom. The highest BCUT2D eigenvalue weighted by atomic mass is 79.9. The van der Waals surface area contributed by atoms with E-state index in [9.17, 15) is 19.7 Å². The van der Waals surface area contributed by atoms with Crippen LogP contribution in [0.2, 0.25) is 0 Å². The Kier molecular flexibility index (Phi) is 2.76. The lowest BCUT2D eigenvalue weighted by atomic mass is 10.1. The number of carbonyl (C=O) groups excluding carboxylic acids is 1. The second-order valence-corrected chi connectivity index (χ2v) is 4.05. The molecule has 0 saturated heterocycles. The number of rotatable bonds is 2. The largest absolute Gasteiger partial charge is 0.462 e. The van der Waals surface area contributed by atoms with Crippen LogP contribution < -0.4 is 5.43 Å². The number of hydrogen-bond acceptors (Lipinski definition) is 5. The second kappa shape index (κ2) is 4.10. The van der Waals surface area contributed by atoms with Gasteiger partial charge in [0.05, 0.1) is 20.3 Å². The van der Waals surface area contributed by atoms with E-state index in [0.717, 1.165) is 12.3 Å². The molecule has 0 unspecified atom stereocenters. The van der Waals surface area contributed by atoms with Gasteiger partial charge in [-0.05, 0) is 15.9 Å². The van der Waals surface area contributed by atoms with Crippen molar-refractivity contribution in [2.45, 2.75) is 0 Å². The van der Waals surface area contributed by atoms with Crippen LogP contribution in [-0.4, -0.2) is 11.2 Å². The first kappa shape index (κ1) is 11.5. The van der Waals surface area contributed by atoms with E-state index in [0.29, 0.717) is 6.29 Å². The third-order valence-corrected chi connectivity index (χ3v) is 2.77. The number of nitro benzene ring substituents is 1. The van der Waals surface area contributed by atoms with Crippen molar-refractivity contribution in [1.29, 1.82) is 0 Å². The van der Waals surface area contributed by atoms with Crippen molar-refractivity contribution in [1.82, 2.24) is 0 Å². The normalized spacial score (nSPS) is 10.4. The zero-order valence-electron chi connectivity index (χ0n) is 8.18. The maximum absolute atomic E-state index is 11.8. The van der Waals surface area contributed by atoms with E-state index in [4.69, 9.17) is 4.42 Å². The molecule has 0 bridgehead atoms. The van der Waals surface area contributed by atoms with E-state index in [1.54, 1.807) is 0 Å². The van der Waals surface area contributed by atoms with Gasteiger partial charge in [-0.25, -0.2) is 0 Å². The molecular formula is C10H4BrNO5. The van der Waals surface area contributed by atoms with E-state index in [1.165, 1.54) is 6.07 Å². The van der Waals surface area contributed by atoms with Crippen molar-refractivity contribution in [3.05, 3.63) is 48.8 Å². The molecule has 86 valence electrons. The molecule has 0 aliphatic heterocycles. The molecule has 0 amide bonds. The zero-order valence-corrected chi connectivity index (χ0v) is 9.76. The van der Waals surface area contributed by atoms with E-state index < -0.39 is 10.4 Å². The molecule has 0 N–H and O–H groups in total. The van der Waals surface area contributed by atoms with Gasteiger partial charge in [0.25, 0.3) is 5.69 Å². The summed E-state index contributed by atoms with van der Waals surface area (Å²) < 4.78 is 5.37. The highest BCUT2D eigenvalue weighted by molar-refractivity contribution is 9.10. The molecule has 1 aromatic carbocycles. The molecule has 6 nitrogen and oxygen atoms in total. The molecule has 0 radical (unpaired) electrons. The standard InChI is InChI=1S/C10H4BrNO5/c11-8-2-6(12(15)16)1-7-9(14)5(3-13)4-17-10(7)8/h1-4H. The van der Waals surface area contributed by atoms with Gasteiger partial charge in [-0.3, -0.25) is 19.7 Å². The summed E-state index contributed by atoms with van der Waals surface area (Å²) in [7, 11) is 0. The Morgan fingerprint density at radius 3 is 2.71 bits per heavy atom. The minimum atomic E-state index is -0.628. The van der Waals surface area contributed by atoms with Crippen LogP contribution in [0.15, 0.2) is 32.1 Å². The summed E-state index contributed by atoms with van der Waals surface area (Å²) >= 11 is 3.07. The molecule has 17 heavy (non-hydrogen) atoms. The van der Waals surface area contributed by atoms with Gasteiger partial charge in [-0.2, -0.15) is 0 Å². The van der Waals surface area contributed by atoms with Crippen LogP contribution >= 0.6 is 15.9 Å². The predicted molar refractivity (Wildman–Crippen MR) is 62.2 cm³/mol. The van der Waals surface area contributed by atoms with Gasteiger partial charge >= 0.3 is 0 Å². The molecule has 0 spiro atoms. The lowest BCUT2D eigenvalue weighted by Crippen LogP contribution is -2.08. The molecule has 0 aliphatic rings. The Bertz CT molecular complexity index is 691. The van der Waals surface area contributed by atoms with E-state index in [2.05, 4.69) is 15.9 Å². The van der Waals surface area contributed by atoms with Crippen LogP contribution in [0.4, 0.5) is 5.69 Å². The van der Waals surface area contributed by atoms with Crippen LogP contribution in [0.3, 0.4) is 0 Å². The number of hydrogen-bond donors (Lipinski definition) is 0. The molecule has 0 aliphatic carbocycles. The Labute approximate surface area is 102 Å². The fourth-order valence-electron chi connectivity index (χ4n) is 1.39. The lowest BCUT2D eigenvalue weighted by molar-refractivity contribution is -0.384. The average Bonchev–Trinajstić information content (AvgIpc) is 2.30. The van der Waals surface area contributed by atoms with Crippen LogP contribution in [0.1, 0.15) is 10.4 Å². The number of halogens is 1. The summed E-state index contributed by atoms with van der Waals surface area (Å²) in [6, 6.07) is 2.31. The molecule has 0 fully saturated rings. The number of benzene rings is 1. The lowest BCUT2D eigenvalue weighted by Gasteiger charge is -2.00. The van der Waals surface area contributed by atoms with Crippen LogP contribution in [0.5, 0.6) is 0 Å². The first-order valence-corrected chi connectivity index (χ1v) is 5.18. The van der Waals surface area contributed by atoms with E-state index in [-0.39, 0.29) is 26.7 Å². The minimum Gasteiger partial charge on any atom is -0.462 e. The number of fused-ring (bicyclic) bond motifs is 1. The van der Waals surface area contributed by atoms with Gasteiger partial charge in [0.15, 0.2) is 11.9 Å². The summed E-state index contributed by atoms with van der Waals surface area (Å²) in [5.74, 6) is 0. The highest BCUT2D eigenvalue weighted by Gasteiger charge is 2.15. The fourth-order valence-corrected chi connectivity index (χ4v) is 1.93. The maximum atomic E-state index is 11.8. The van der Waals surface area contributed by atoms with Crippen molar-refractivity contribution in [2.75, 3.05) is 0 Å². The molecule has 1 aromatic heterocycles. The zero-order chi connectivity index (χ0) is 12.6. The average molecular weight is 298 g/mol. The molecule has 0 saturated carbocycles.